The maximum Gasteiger partial charge on any atom is 0.243 e. The summed E-state index contributed by atoms with van der Waals surface area (Å²) in [5.74, 6) is 0.500. The lowest BCUT2D eigenvalue weighted by Gasteiger charge is -2.10. The molecule has 2 aromatic carbocycles. The van der Waals surface area contributed by atoms with Crippen LogP contribution in [0.2, 0.25) is 10.0 Å². The molecule has 0 fully saturated rings. The lowest BCUT2D eigenvalue weighted by molar-refractivity contribution is -0.114. The second-order valence-electron chi connectivity index (χ2n) is 4.26. The number of rotatable bonds is 5. The molecule has 0 atom stereocenters. The van der Waals surface area contributed by atoms with Crippen molar-refractivity contribution < 1.29 is 9.53 Å². The summed E-state index contributed by atoms with van der Waals surface area (Å²) in [6.45, 7) is 0.107. The van der Waals surface area contributed by atoms with E-state index >= 15 is 0 Å². The third-order valence-electron chi connectivity index (χ3n) is 2.73. The molecule has 2 aromatic rings. The van der Waals surface area contributed by atoms with Crippen molar-refractivity contribution in [1.29, 1.82) is 0 Å². The van der Waals surface area contributed by atoms with Gasteiger partial charge in [0.1, 0.15) is 5.75 Å². The minimum atomic E-state index is -0.220. The number of amides is 1. The standard InChI is InChI=1S/C15H14Cl2N2O2/c1-21-12-4-2-3-11(8-12)18-9-15(20)19-14-7-10(16)5-6-13(14)17/h2-8,18H,9H2,1H3,(H,19,20). The van der Waals surface area contributed by atoms with Crippen LogP contribution in [0.25, 0.3) is 0 Å². The van der Waals surface area contributed by atoms with Gasteiger partial charge in [-0.15, -0.1) is 0 Å². The lowest BCUT2D eigenvalue weighted by Crippen LogP contribution is -2.21. The van der Waals surface area contributed by atoms with Gasteiger partial charge in [-0.05, 0) is 30.3 Å². The number of nitrogens with one attached hydrogen (secondary N) is 2. The fourth-order valence-corrected chi connectivity index (χ4v) is 2.04. The minimum Gasteiger partial charge on any atom is -0.497 e. The van der Waals surface area contributed by atoms with Crippen LogP contribution in [-0.2, 0) is 4.79 Å². The van der Waals surface area contributed by atoms with Crippen LogP contribution < -0.4 is 15.4 Å². The van der Waals surface area contributed by atoms with Gasteiger partial charge < -0.3 is 15.4 Å². The second kappa shape index (κ2) is 7.20. The first kappa shape index (κ1) is 15.5. The van der Waals surface area contributed by atoms with Gasteiger partial charge in [0.2, 0.25) is 5.91 Å². The van der Waals surface area contributed by atoms with Crippen LogP contribution in [0.3, 0.4) is 0 Å². The third-order valence-corrected chi connectivity index (χ3v) is 3.29. The molecule has 0 radical (unpaired) electrons. The molecular formula is C15H14Cl2N2O2. The zero-order chi connectivity index (χ0) is 15.2. The summed E-state index contributed by atoms with van der Waals surface area (Å²) in [7, 11) is 1.59. The molecule has 2 N–H and O–H groups in total. The number of hydrogen-bond acceptors (Lipinski definition) is 3. The Balaban J connectivity index is 1.94. The van der Waals surface area contributed by atoms with Crippen molar-refractivity contribution in [3.05, 3.63) is 52.5 Å². The van der Waals surface area contributed by atoms with Crippen molar-refractivity contribution in [2.45, 2.75) is 0 Å². The normalized spacial score (nSPS) is 10.0. The monoisotopic (exact) mass is 324 g/mol. The maximum absolute atomic E-state index is 11.9. The molecule has 0 spiro atoms. The molecule has 0 saturated carbocycles. The van der Waals surface area contributed by atoms with E-state index in [0.717, 1.165) is 11.4 Å². The summed E-state index contributed by atoms with van der Waals surface area (Å²) in [6, 6.07) is 12.2. The Bertz CT molecular complexity index is 647. The Morgan fingerprint density at radius 2 is 2.00 bits per heavy atom. The average Bonchev–Trinajstić information content (AvgIpc) is 2.49. The minimum absolute atomic E-state index is 0.107. The van der Waals surface area contributed by atoms with Gasteiger partial charge in [0.15, 0.2) is 0 Å². The van der Waals surface area contributed by atoms with Crippen molar-refractivity contribution in [3.8, 4) is 5.75 Å². The number of halogens is 2. The first-order valence-electron chi connectivity index (χ1n) is 6.21. The molecule has 4 nitrogen and oxygen atoms in total. The van der Waals surface area contributed by atoms with E-state index in [1.165, 1.54) is 0 Å². The summed E-state index contributed by atoms with van der Waals surface area (Å²) >= 11 is 11.9. The van der Waals surface area contributed by atoms with Crippen LogP contribution in [0.4, 0.5) is 11.4 Å². The Labute approximate surface area is 133 Å². The van der Waals surface area contributed by atoms with Crippen LogP contribution in [0.15, 0.2) is 42.5 Å². The van der Waals surface area contributed by atoms with E-state index in [1.807, 2.05) is 18.2 Å². The first-order chi connectivity index (χ1) is 10.1. The Kier molecular flexibility index (Phi) is 5.31. The Morgan fingerprint density at radius 3 is 2.76 bits per heavy atom. The summed E-state index contributed by atoms with van der Waals surface area (Å²) in [5, 5.41) is 6.65. The predicted octanol–water partition coefficient (Wildman–Crippen LogP) is 4.05. The summed E-state index contributed by atoms with van der Waals surface area (Å²) in [4.78, 5) is 11.9. The molecule has 2 rings (SSSR count). The number of hydrogen-bond donors (Lipinski definition) is 2. The molecule has 0 aliphatic heterocycles. The highest BCUT2D eigenvalue weighted by Crippen LogP contribution is 2.25. The van der Waals surface area contributed by atoms with E-state index < -0.39 is 0 Å². The van der Waals surface area contributed by atoms with Crippen LogP contribution >= 0.6 is 23.2 Å². The molecule has 1 amide bonds. The number of carbonyl (C=O) groups is 1. The maximum atomic E-state index is 11.9. The van der Waals surface area contributed by atoms with Crippen LogP contribution in [0.1, 0.15) is 0 Å². The van der Waals surface area contributed by atoms with E-state index in [2.05, 4.69) is 10.6 Å². The molecule has 0 unspecified atom stereocenters. The molecule has 21 heavy (non-hydrogen) atoms. The highest BCUT2D eigenvalue weighted by Gasteiger charge is 2.06. The van der Waals surface area contributed by atoms with Gasteiger partial charge >= 0.3 is 0 Å². The molecule has 0 saturated heterocycles. The van der Waals surface area contributed by atoms with E-state index in [1.54, 1.807) is 31.4 Å². The van der Waals surface area contributed by atoms with Gasteiger partial charge in [0, 0.05) is 16.8 Å². The van der Waals surface area contributed by atoms with Crippen molar-refractivity contribution in [2.24, 2.45) is 0 Å². The van der Waals surface area contributed by atoms with Crippen LogP contribution in [0.5, 0.6) is 5.75 Å². The Hall–Kier alpha value is -1.91. The predicted molar refractivity (Wildman–Crippen MR) is 86.6 cm³/mol. The number of ether oxygens (including phenoxy) is 1. The van der Waals surface area contributed by atoms with Gasteiger partial charge in [-0.2, -0.15) is 0 Å². The number of benzene rings is 2. The number of carbonyl (C=O) groups excluding carboxylic acids is 1. The van der Waals surface area contributed by atoms with Crippen LogP contribution in [0, 0.1) is 0 Å². The molecule has 0 aromatic heterocycles. The van der Waals surface area contributed by atoms with Crippen LogP contribution in [-0.4, -0.2) is 19.6 Å². The topological polar surface area (TPSA) is 50.4 Å². The quantitative estimate of drug-likeness (QED) is 0.872. The van der Waals surface area contributed by atoms with Crippen molar-refractivity contribution in [3.63, 3.8) is 0 Å². The molecule has 6 heteroatoms. The Morgan fingerprint density at radius 1 is 1.19 bits per heavy atom. The zero-order valence-corrected chi connectivity index (χ0v) is 12.8. The summed E-state index contributed by atoms with van der Waals surface area (Å²) in [5.41, 5.74) is 1.28. The van der Waals surface area contributed by atoms with Crippen molar-refractivity contribution >= 4 is 40.5 Å². The highest BCUT2D eigenvalue weighted by molar-refractivity contribution is 6.35. The van der Waals surface area contributed by atoms with Crippen molar-refractivity contribution in [1.82, 2.24) is 0 Å². The van der Waals surface area contributed by atoms with Gasteiger partial charge in [-0.25, -0.2) is 0 Å². The molecule has 0 heterocycles. The highest BCUT2D eigenvalue weighted by atomic mass is 35.5. The van der Waals surface area contributed by atoms with Gasteiger partial charge in [-0.3, -0.25) is 4.79 Å². The third kappa shape index (κ3) is 4.55. The van der Waals surface area contributed by atoms with E-state index in [-0.39, 0.29) is 12.5 Å². The first-order valence-corrected chi connectivity index (χ1v) is 6.97. The smallest absolute Gasteiger partial charge is 0.243 e. The van der Waals surface area contributed by atoms with E-state index in [0.29, 0.717) is 15.7 Å². The molecule has 0 aliphatic rings. The summed E-state index contributed by atoms with van der Waals surface area (Å²) < 4.78 is 5.11. The SMILES string of the molecule is COc1cccc(NCC(=O)Nc2cc(Cl)ccc2Cl)c1. The van der Waals surface area contributed by atoms with Gasteiger partial charge in [0.05, 0.1) is 24.4 Å². The van der Waals surface area contributed by atoms with E-state index in [9.17, 15) is 4.79 Å². The molecule has 110 valence electrons. The van der Waals surface area contributed by atoms with Gasteiger partial charge in [-0.1, -0.05) is 29.3 Å². The molecular weight excluding hydrogens is 311 g/mol. The molecule has 0 aliphatic carbocycles. The fraction of sp³-hybridized carbons (Fsp3) is 0.133. The van der Waals surface area contributed by atoms with Gasteiger partial charge in [0.25, 0.3) is 0 Å². The second-order valence-corrected chi connectivity index (χ2v) is 5.10. The lowest BCUT2D eigenvalue weighted by atomic mass is 10.3. The largest absolute Gasteiger partial charge is 0.497 e. The number of methoxy groups -OCH3 is 1. The summed E-state index contributed by atoms with van der Waals surface area (Å²) in [6.07, 6.45) is 0. The zero-order valence-electron chi connectivity index (χ0n) is 11.3. The number of anilines is 2. The van der Waals surface area contributed by atoms with Crippen molar-refractivity contribution in [2.75, 3.05) is 24.3 Å². The molecule has 0 bridgehead atoms. The van der Waals surface area contributed by atoms with E-state index in [4.69, 9.17) is 27.9 Å². The average molecular weight is 325 g/mol. The fourth-order valence-electron chi connectivity index (χ4n) is 1.70.